The lowest BCUT2D eigenvalue weighted by atomic mass is 10.2. The SMILES string of the molecule is NC(=S)c1ccc(Cl)cc1Oc1ccc(Br)c(F)c1. The van der Waals surface area contributed by atoms with Gasteiger partial charge in [-0.15, -0.1) is 0 Å². The van der Waals surface area contributed by atoms with Crippen LogP contribution in [0.15, 0.2) is 40.9 Å². The molecule has 0 unspecified atom stereocenters. The lowest BCUT2D eigenvalue weighted by Crippen LogP contribution is -2.10. The fourth-order valence-corrected chi connectivity index (χ4v) is 2.03. The summed E-state index contributed by atoms with van der Waals surface area (Å²) in [6.45, 7) is 0. The molecule has 2 N–H and O–H groups in total. The van der Waals surface area contributed by atoms with E-state index in [9.17, 15) is 4.39 Å². The van der Waals surface area contributed by atoms with Crippen molar-refractivity contribution in [1.29, 1.82) is 0 Å². The first-order chi connectivity index (χ1) is 8.97. The van der Waals surface area contributed by atoms with Crippen molar-refractivity contribution in [3.8, 4) is 11.5 Å². The second kappa shape index (κ2) is 5.86. The van der Waals surface area contributed by atoms with E-state index in [1.165, 1.54) is 6.07 Å². The fraction of sp³-hybridized carbons (Fsp3) is 0. The molecule has 2 aromatic rings. The highest BCUT2D eigenvalue weighted by Gasteiger charge is 2.10. The number of ether oxygens (including phenoxy) is 1. The van der Waals surface area contributed by atoms with Gasteiger partial charge in [0.2, 0.25) is 0 Å². The average molecular weight is 361 g/mol. The third kappa shape index (κ3) is 3.43. The number of rotatable bonds is 3. The van der Waals surface area contributed by atoms with Crippen LogP contribution in [-0.4, -0.2) is 4.99 Å². The molecule has 0 saturated carbocycles. The van der Waals surface area contributed by atoms with Gasteiger partial charge in [0.15, 0.2) is 0 Å². The first-order valence-electron chi connectivity index (χ1n) is 5.19. The molecule has 2 nitrogen and oxygen atoms in total. The number of halogens is 3. The maximum Gasteiger partial charge on any atom is 0.141 e. The number of hydrogen-bond acceptors (Lipinski definition) is 2. The monoisotopic (exact) mass is 359 g/mol. The van der Waals surface area contributed by atoms with Crippen LogP contribution < -0.4 is 10.5 Å². The highest BCUT2D eigenvalue weighted by atomic mass is 79.9. The fourth-order valence-electron chi connectivity index (χ4n) is 1.45. The topological polar surface area (TPSA) is 35.2 Å². The van der Waals surface area contributed by atoms with Gasteiger partial charge in [0.1, 0.15) is 22.3 Å². The van der Waals surface area contributed by atoms with Crippen LogP contribution in [0.3, 0.4) is 0 Å². The van der Waals surface area contributed by atoms with Gasteiger partial charge in [0.05, 0.1) is 10.0 Å². The van der Waals surface area contributed by atoms with E-state index in [4.69, 9.17) is 34.3 Å². The van der Waals surface area contributed by atoms with Crippen molar-refractivity contribution < 1.29 is 9.13 Å². The lowest BCUT2D eigenvalue weighted by Gasteiger charge is -2.11. The maximum absolute atomic E-state index is 13.4. The van der Waals surface area contributed by atoms with Gasteiger partial charge < -0.3 is 10.5 Å². The van der Waals surface area contributed by atoms with Gasteiger partial charge in [-0.2, -0.15) is 0 Å². The predicted molar refractivity (Wildman–Crippen MR) is 81.5 cm³/mol. The van der Waals surface area contributed by atoms with Crippen molar-refractivity contribution in [2.24, 2.45) is 5.73 Å². The zero-order valence-corrected chi connectivity index (χ0v) is 12.7. The number of hydrogen-bond donors (Lipinski definition) is 1. The normalized spacial score (nSPS) is 10.3. The van der Waals surface area contributed by atoms with Crippen molar-refractivity contribution in [2.45, 2.75) is 0 Å². The van der Waals surface area contributed by atoms with E-state index < -0.39 is 5.82 Å². The number of thiocarbonyl (C=S) groups is 1. The van der Waals surface area contributed by atoms with Crippen LogP contribution >= 0.6 is 39.7 Å². The third-order valence-corrected chi connectivity index (χ3v) is 3.43. The molecule has 0 aliphatic rings. The zero-order chi connectivity index (χ0) is 14.0. The molecule has 0 heterocycles. The Balaban J connectivity index is 2.39. The molecule has 6 heteroatoms. The van der Waals surface area contributed by atoms with Crippen molar-refractivity contribution >= 4 is 44.7 Å². The van der Waals surface area contributed by atoms with E-state index in [1.54, 1.807) is 30.3 Å². The largest absolute Gasteiger partial charge is 0.456 e. The molecule has 2 rings (SSSR count). The van der Waals surface area contributed by atoms with Gasteiger partial charge in [-0.05, 0) is 40.2 Å². The smallest absolute Gasteiger partial charge is 0.141 e. The molecule has 0 aliphatic carbocycles. The van der Waals surface area contributed by atoms with Crippen LogP contribution in [0.1, 0.15) is 5.56 Å². The summed E-state index contributed by atoms with van der Waals surface area (Å²) in [5, 5.41) is 0.479. The molecule has 98 valence electrons. The van der Waals surface area contributed by atoms with E-state index in [0.29, 0.717) is 26.6 Å². The Morgan fingerprint density at radius 3 is 2.63 bits per heavy atom. The molecule has 0 radical (unpaired) electrons. The Bertz CT molecular complexity index is 651. The molecule has 19 heavy (non-hydrogen) atoms. The van der Waals surface area contributed by atoms with Crippen molar-refractivity contribution in [3.63, 3.8) is 0 Å². The summed E-state index contributed by atoms with van der Waals surface area (Å²) in [7, 11) is 0. The minimum atomic E-state index is -0.420. The predicted octanol–water partition coefficient (Wildman–Crippen LogP) is 4.67. The molecule has 2 aromatic carbocycles. The lowest BCUT2D eigenvalue weighted by molar-refractivity contribution is 0.475. The van der Waals surface area contributed by atoms with Gasteiger partial charge in [-0.3, -0.25) is 0 Å². The van der Waals surface area contributed by atoms with Gasteiger partial charge in [-0.1, -0.05) is 23.8 Å². The van der Waals surface area contributed by atoms with Gasteiger partial charge >= 0.3 is 0 Å². The molecular formula is C13H8BrClFNOS. The summed E-state index contributed by atoms with van der Waals surface area (Å²) < 4.78 is 19.4. The average Bonchev–Trinajstić information content (AvgIpc) is 2.33. The van der Waals surface area contributed by atoms with E-state index in [1.807, 2.05) is 0 Å². The molecule has 0 aromatic heterocycles. The molecule has 0 saturated heterocycles. The van der Waals surface area contributed by atoms with Crippen LogP contribution in [0.4, 0.5) is 4.39 Å². The first-order valence-corrected chi connectivity index (χ1v) is 6.77. The van der Waals surface area contributed by atoms with Crippen LogP contribution in [-0.2, 0) is 0 Å². The summed E-state index contributed by atoms with van der Waals surface area (Å²) in [4.78, 5) is 0.184. The molecule has 0 spiro atoms. The summed E-state index contributed by atoms with van der Waals surface area (Å²) in [5.74, 6) is 0.304. The standard InChI is InChI=1S/C13H8BrClFNOS/c14-10-4-2-8(6-11(10)16)18-12-5-7(15)1-3-9(12)13(17)19/h1-6H,(H2,17,19). The molecule has 0 fully saturated rings. The zero-order valence-electron chi connectivity index (χ0n) is 9.49. The van der Waals surface area contributed by atoms with Crippen molar-refractivity contribution in [2.75, 3.05) is 0 Å². The molecule has 0 aliphatic heterocycles. The second-order valence-electron chi connectivity index (χ2n) is 3.68. The van der Waals surface area contributed by atoms with E-state index >= 15 is 0 Å². The van der Waals surface area contributed by atoms with Crippen LogP contribution in [0.2, 0.25) is 5.02 Å². The van der Waals surface area contributed by atoms with Gasteiger partial charge in [-0.25, -0.2) is 4.39 Å². The molecule has 0 bridgehead atoms. The van der Waals surface area contributed by atoms with Crippen LogP contribution in [0, 0.1) is 5.82 Å². The Morgan fingerprint density at radius 2 is 2.00 bits per heavy atom. The van der Waals surface area contributed by atoms with E-state index in [-0.39, 0.29) is 4.99 Å². The summed E-state index contributed by atoms with van der Waals surface area (Å²) >= 11 is 13.9. The maximum atomic E-state index is 13.4. The quantitative estimate of drug-likeness (QED) is 0.808. The summed E-state index contributed by atoms with van der Waals surface area (Å²) in [5.41, 5.74) is 6.14. The minimum Gasteiger partial charge on any atom is -0.456 e. The van der Waals surface area contributed by atoms with E-state index in [2.05, 4.69) is 15.9 Å². The Labute approximate surface area is 128 Å². The minimum absolute atomic E-state index is 0.184. The second-order valence-corrected chi connectivity index (χ2v) is 5.41. The summed E-state index contributed by atoms with van der Waals surface area (Å²) in [6, 6.07) is 9.33. The van der Waals surface area contributed by atoms with Crippen molar-refractivity contribution in [3.05, 3.63) is 57.3 Å². The summed E-state index contributed by atoms with van der Waals surface area (Å²) in [6.07, 6.45) is 0. The van der Waals surface area contributed by atoms with Crippen molar-refractivity contribution in [1.82, 2.24) is 0 Å². The highest BCUT2D eigenvalue weighted by molar-refractivity contribution is 9.10. The molecular weight excluding hydrogens is 353 g/mol. The number of benzene rings is 2. The Kier molecular flexibility index (Phi) is 4.39. The Hall–Kier alpha value is -1.17. The molecule has 0 atom stereocenters. The number of nitrogens with two attached hydrogens (primary N) is 1. The molecule has 0 amide bonds. The van der Waals surface area contributed by atoms with Gasteiger partial charge in [0, 0.05) is 17.2 Å². The third-order valence-electron chi connectivity index (χ3n) is 2.33. The Morgan fingerprint density at radius 1 is 1.26 bits per heavy atom. The first kappa shape index (κ1) is 14.2. The van der Waals surface area contributed by atoms with E-state index in [0.717, 1.165) is 0 Å². The highest BCUT2D eigenvalue weighted by Crippen LogP contribution is 2.30. The van der Waals surface area contributed by atoms with Gasteiger partial charge in [0.25, 0.3) is 0 Å². The van der Waals surface area contributed by atoms with Crippen LogP contribution in [0.25, 0.3) is 0 Å². The van der Waals surface area contributed by atoms with Crippen LogP contribution in [0.5, 0.6) is 11.5 Å².